The molecule has 2 aliphatic rings. The Morgan fingerprint density at radius 3 is 1.14 bits per heavy atom. The Morgan fingerprint density at radius 1 is 0.679 bits per heavy atom. The highest BCUT2D eigenvalue weighted by molar-refractivity contribution is 6.70. The molecule has 2 fully saturated rings. The lowest BCUT2D eigenvalue weighted by Crippen LogP contribution is -2.59. The summed E-state index contributed by atoms with van der Waals surface area (Å²) >= 11 is 0. The first-order valence-corrected chi connectivity index (χ1v) is 16.5. The van der Waals surface area contributed by atoms with Crippen LogP contribution in [0, 0.1) is 68.0 Å². The van der Waals surface area contributed by atoms with Crippen molar-refractivity contribution in [3.05, 3.63) is 0 Å². The fourth-order valence-electron chi connectivity index (χ4n) is 5.59. The van der Waals surface area contributed by atoms with E-state index in [-0.39, 0.29) is 12.8 Å². The minimum atomic E-state index is -2.20. The number of rotatable bonds is 4. The molecule has 0 radical (unpaired) electrons. The maximum Gasteiger partial charge on any atom is 0.185 e. The summed E-state index contributed by atoms with van der Waals surface area (Å²) in [7, 11) is -4.40. The van der Waals surface area contributed by atoms with Crippen LogP contribution < -0.4 is 0 Å². The monoisotopic (exact) mass is 414 g/mol. The predicted octanol–water partition coefficient (Wildman–Crippen LogP) is 4.31. The van der Waals surface area contributed by atoms with Gasteiger partial charge < -0.3 is 8.85 Å². The first-order chi connectivity index (χ1) is 12.6. The molecule has 2 unspecified atom stereocenters. The summed E-state index contributed by atoms with van der Waals surface area (Å²) in [5.74, 6) is -1.24. The number of fused-ring (bicyclic) bond motifs is 1. The van der Waals surface area contributed by atoms with E-state index in [0.717, 1.165) is 0 Å². The van der Waals surface area contributed by atoms with Crippen LogP contribution in [0.5, 0.6) is 0 Å². The second-order valence-corrected chi connectivity index (χ2v) is 19.3. The molecule has 0 spiro atoms. The van der Waals surface area contributed by atoms with Crippen LogP contribution in [0.2, 0.25) is 39.3 Å². The standard InChI is InChI=1S/C20H30N4O2Si2/c1-17-15(11-21)9-20(14-24,26-28(6,7)8)18(17,2)16(12-22)10-19(17,13-23)25-27(3,4)5/h15-16H,9-10H2,1-8H3/t15-,16-,17-,18-,19?,20?/m1/s1. The molecule has 0 aromatic carbocycles. The van der Waals surface area contributed by atoms with Gasteiger partial charge in [0.15, 0.2) is 27.8 Å². The summed E-state index contributed by atoms with van der Waals surface area (Å²) in [6, 6.07) is 9.47. The van der Waals surface area contributed by atoms with Crippen LogP contribution in [0.15, 0.2) is 0 Å². The summed E-state index contributed by atoms with van der Waals surface area (Å²) < 4.78 is 12.9. The van der Waals surface area contributed by atoms with Gasteiger partial charge in [0.05, 0.1) is 36.1 Å². The largest absolute Gasteiger partial charge is 0.399 e. The minimum Gasteiger partial charge on any atom is -0.399 e. The van der Waals surface area contributed by atoms with E-state index in [9.17, 15) is 21.0 Å². The summed E-state index contributed by atoms with van der Waals surface area (Å²) in [6.45, 7) is 15.7. The summed E-state index contributed by atoms with van der Waals surface area (Å²) in [6.07, 6.45) is 0.377. The Morgan fingerprint density at radius 2 is 0.964 bits per heavy atom. The zero-order valence-electron chi connectivity index (χ0n) is 18.2. The Bertz CT molecular complexity index is 767. The third-order valence-electron chi connectivity index (χ3n) is 6.77. The Labute approximate surface area is 170 Å². The van der Waals surface area contributed by atoms with E-state index < -0.39 is 50.5 Å². The van der Waals surface area contributed by atoms with Gasteiger partial charge in [-0.2, -0.15) is 21.0 Å². The highest BCUT2D eigenvalue weighted by atomic mass is 28.4. The lowest BCUT2D eigenvalue weighted by molar-refractivity contribution is -0.0861. The second kappa shape index (κ2) is 6.41. The van der Waals surface area contributed by atoms with Gasteiger partial charge in [0.25, 0.3) is 0 Å². The van der Waals surface area contributed by atoms with Crippen molar-refractivity contribution >= 4 is 16.6 Å². The van der Waals surface area contributed by atoms with E-state index in [0.29, 0.717) is 0 Å². The van der Waals surface area contributed by atoms with E-state index in [1.165, 1.54) is 0 Å². The first kappa shape index (κ1) is 22.6. The quantitative estimate of drug-likeness (QED) is 0.633. The van der Waals surface area contributed by atoms with Gasteiger partial charge in [-0.25, -0.2) is 0 Å². The molecule has 28 heavy (non-hydrogen) atoms. The molecule has 0 amide bonds. The average Bonchev–Trinajstić information content (AvgIpc) is 2.88. The molecule has 6 nitrogen and oxygen atoms in total. The molecule has 150 valence electrons. The molecular formula is C20H30N4O2Si2. The SMILES string of the molecule is C[C@@]12[C@@H](C#N)CC(C#N)(O[Si](C)(C)C)[C@]1(C)[C@@H](C#N)CC2(C#N)O[Si](C)(C)C. The van der Waals surface area contributed by atoms with Crippen molar-refractivity contribution in [3.8, 4) is 24.3 Å². The Hall–Kier alpha value is -1.69. The molecule has 0 N–H and O–H groups in total. The van der Waals surface area contributed by atoms with Gasteiger partial charge >= 0.3 is 0 Å². The van der Waals surface area contributed by atoms with Crippen molar-refractivity contribution < 1.29 is 8.85 Å². The smallest absolute Gasteiger partial charge is 0.185 e. The molecule has 2 saturated carbocycles. The van der Waals surface area contributed by atoms with Crippen LogP contribution in [-0.2, 0) is 8.85 Å². The molecule has 0 bridgehead atoms. The Kier molecular flexibility index (Phi) is 5.17. The van der Waals surface area contributed by atoms with Gasteiger partial charge in [-0.15, -0.1) is 0 Å². The van der Waals surface area contributed by atoms with Crippen LogP contribution in [0.4, 0.5) is 0 Å². The van der Waals surface area contributed by atoms with Crippen molar-refractivity contribution in [1.29, 1.82) is 21.0 Å². The molecule has 0 aliphatic heterocycles. The molecule has 0 saturated heterocycles. The summed E-state index contributed by atoms with van der Waals surface area (Å²) in [4.78, 5) is 0. The van der Waals surface area contributed by atoms with Gasteiger partial charge in [-0.1, -0.05) is 13.8 Å². The molecule has 8 heteroatoms. The van der Waals surface area contributed by atoms with Crippen molar-refractivity contribution in [2.24, 2.45) is 22.7 Å². The van der Waals surface area contributed by atoms with Crippen molar-refractivity contribution in [2.45, 2.75) is 77.2 Å². The maximum absolute atomic E-state index is 10.3. The zero-order valence-corrected chi connectivity index (χ0v) is 20.2. The van der Waals surface area contributed by atoms with Crippen LogP contribution in [0.25, 0.3) is 0 Å². The van der Waals surface area contributed by atoms with E-state index in [4.69, 9.17) is 8.85 Å². The van der Waals surface area contributed by atoms with Crippen molar-refractivity contribution in [2.75, 3.05) is 0 Å². The summed E-state index contributed by atoms with van der Waals surface area (Å²) in [5, 5.41) is 40.8. The van der Waals surface area contributed by atoms with Crippen LogP contribution >= 0.6 is 0 Å². The third-order valence-corrected chi connectivity index (χ3v) is 8.69. The molecule has 6 atom stereocenters. The van der Waals surface area contributed by atoms with E-state index in [1.807, 2.05) is 53.1 Å². The fourth-order valence-corrected chi connectivity index (χ4v) is 8.37. The molecule has 0 aromatic heterocycles. The van der Waals surface area contributed by atoms with E-state index in [1.54, 1.807) is 0 Å². The Balaban J connectivity index is 2.87. The van der Waals surface area contributed by atoms with Gasteiger partial charge in [0.1, 0.15) is 0 Å². The van der Waals surface area contributed by atoms with Crippen LogP contribution in [0.1, 0.15) is 26.7 Å². The summed E-state index contributed by atoms with van der Waals surface area (Å²) in [5.41, 5.74) is -4.60. The number of hydrogen-bond acceptors (Lipinski definition) is 6. The maximum atomic E-state index is 10.3. The molecule has 2 aliphatic carbocycles. The number of nitriles is 4. The average molecular weight is 415 g/mol. The molecular weight excluding hydrogens is 384 g/mol. The van der Waals surface area contributed by atoms with Crippen molar-refractivity contribution in [3.63, 3.8) is 0 Å². The first-order valence-electron chi connectivity index (χ1n) is 9.64. The van der Waals surface area contributed by atoms with Crippen LogP contribution in [-0.4, -0.2) is 27.8 Å². The van der Waals surface area contributed by atoms with Gasteiger partial charge in [0.2, 0.25) is 0 Å². The molecule has 0 aromatic rings. The van der Waals surface area contributed by atoms with E-state index >= 15 is 0 Å². The molecule has 0 heterocycles. The minimum absolute atomic E-state index is 0.188. The van der Waals surface area contributed by atoms with E-state index in [2.05, 4.69) is 24.3 Å². The lowest BCUT2D eigenvalue weighted by Gasteiger charge is -2.50. The van der Waals surface area contributed by atoms with Crippen molar-refractivity contribution in [1.82, 2.24) is 0 Å². The number of nitrogens with zero attached hydrogens (tertiary/aromatic N) is 4. The molecule has 2 rings (SSSR count). The van der Waals surface area contributed by atoms with Crippen LogP contribution in [0.3, 0.4) is 0 Å². The lowest BCUT2D eigenvalue weighted by atomic mass is 9.57. The zero-order chi connectivity index (χ0) is 21.8. The topological polar surface area (TPSA) is 114 Å². The normalized spacial score (nSPS) is 42.7. The van der Waals surface area contributed by atoms with Gasteiger partial charge in [-0.3, -0.25) is 0 Å². The van der Waals surface area contributed by atoms with Gasteiger partial charge in [-0.05, 0) is 39.3 Å². The predicted molar refractivity (Wildman–Crippen MR) is 109 cm³/mol. The highest BCUT2D eigenvalue weighted by Gasteiger charge is 2.83. The second-order valence-electron chi connectivity index (χ2n) is 10.5. The number of hydrogen-bond donors (Lipinski definition) is 0. The van der Waals surface area contributed by atoms with Gasteiger partial charge in [0, 0.05) is 23.7 Å². The fraction of sp³-hybridized carbons (Fsp3) is 0.800. The highest BCUT2D eigenvalue weighted by Crippen LogP contribution is 2.76. The third kappa shape index (κ3) is 2.75.